The molecule has 4 N–H and O–H groups in total. The molecule has 0 fully saturated rings. The van der Waals surface area contributed by atoms with Gasteiger partial charge in [0.1, 0.15) is 6.04 Å². The van der Waals surface area contributed by atoms with E-state index in [1.807, 2.05) is 0 Å². The monoisotopic (exact) mass is 268 g/mol. The smallest absolute Gasteiger partial charge is 0.326 e. The SMILES string of the molecule is CN(C)C(=O)N[C@@H](Cc1ccc(O)c(O)c1)C(=O)O. The van der Waals surface area contributed by atoms with Crippen LogP contribution in [0.1, 0.15) is 5.56 Å². The van der Waals surface area contributed by atoms with Crippen LogP contribution in [0.3, 0.4) is 0 Å². The fraction of sp³-hybridized carbons (Fsp3) is 0.333. The minimum atomic E-state index is -1.18. The Labute approximate surface area is 110 Å². The van der Waals surface area contributed by atoms with Crippen molar-refractivity contribution in [3.8, 4) is 11.5 Å². The number of phenolic OH excluding ortho intramolecular Hbond substituents is 2. The molecule has 0 saturated heterocycles. The number of carbonyl (C=O) groups excluding carboxylic acids is 1. The third-order valence-corrected chi connectivity index (χ3v) is 2.48. The number of benzene rings is 1. The molecule has 0 radical (unpaired) electrons. The average molecular weight is 268 g/mol. The van der Waals surface area contributed by atoms with Crippen LogP contribution in [0.2, 0.25) is 0 Å². The molecule has 2 amide bonds. The summed E-state index contributed by atoms with van der Waals surface area (Å²) in [5.41, 5.74) is 0.488. The van der Waals surface area contributed by atoms with Crippen molar-refractivity contribution in [1.82, 2.24) is 10.2 Å². The Morgan fingerprint density at radius 3 is 2.37 bits per heavy atom. The van der Waals surface area contributed by atoms with E-state index in [0.717, 1.165) is 0 Å². The number of nitrogens with zero attached hydrogens (tertiary/aromatic N) is 1. The van der Waals surface area contributed by atoms with Crippen molar-refractivity contribution in [2.75, 3.05) is 14.1 Å². The zero-order chi connectivity index (χ0) is 14.6. The number of rotatable bonds is 4. The van der Waals surface area contributed by atoms with E-state index < -0.39 is 18.0 Å². The minimum absolute atomic E-state index is 0.00273. The summed E-state index contributed by atoms with van der Waals surface area (Å²) in [6.45, 7) is 0. The molecule has 0 heterocycles. The number of hydrogen-bond acceptors (Lipinski definition) is 4. The summed E-state index contributed by atoms with van der Waals surface area (Å²) in [7, 11) is 3.00. The van der Waals surface area contributed by atoms with E-state index in [1.54, 1.807) is 0 Å². The molecule has 1 aromatic rings. The summed E-state index contributed by atoms with van der Waals surface area (Å²) in [5.74, 6) is -1.80. The van der Waals surface area contributed by atoms with E-state index >= 15 is 0 Å². The zero-order valence-electron chi connectivity index (χ0n) is 10.6. The highest BCUT2D eigenvalue weighted by atomic mass is 16.4. The number of urea groups is 1. The van der Waals surface area contributed by atoms with Gasteiger partial charge in [-0.25, -0.2) is 9.59 Å². The Hall–Kier alpha value is -2.44. The fourth-order valence-electron chi connectivity index (χ4n) is 1.41. The van der Waals surface area contributed by atoms with Gasteiger partial charge >= 0.3 is 12.0 Å². The van der Waals surface area contributed by atoms with Crippen molar-refractivity contribution in [1.29, 1.82) is 0 Å². The van der Waals surface area contributed by atoms with Gasteiger partial charge in [0.25, 0.3) is 0 Å². The third-order valence-electron chi connectivity index (χ3n) is 2.48. The molecule has 0 saturated carbocycles. The van der Waals surface area contributed by atoms with Crippen molar-refractivity contribution in [2.45, 2.75) is 12.5 Å². The molecule has 1 aromatic carbocycles. The number of amides is 2. The van der Waals surface area contributed by atoms with Crippen molar-refractivity contribution in [2.24, 2.45) is 0 Å². The Bertz CT molecular complexity index is 487. The van der Waals surface area contributed by atoms with Crippen LogP contribution in [-0.4, -0.2) is 52.4 Å². The second-order valence-electron chi connectivity index (χ2n) is 4.26. The zero-order valence-corrected chi connectivity index (χ0v) is 10.6. The van der Waals surface area contributed by atoms with Crippen molar-refractivity contribution < 1.29 is 24.9 Å². The van der Waals surface area contributed by atoms with Crippen LogP contribution in [0.15, 0.2) is 18.2 Å². The first kappa shape index (κ1) is 14.6. The number of carboxylic acids is 1. The summed E-state index contributed by atoms with van der Waals surface area (Å²) >= 11 is 0. The van der Waals surface area contributed by atoms with Crippen LogP contribution in [0.5, 0.6) is 11.5 Å². The second-order valence-corrected chi connectivity index (χ2v) is 4.26. The molecule has 0 aliphatic rings. The fourth-order valence-corrected chi connectivity index (χ4v) is 1.41. The van der Waals surface area contributed by atoms with Crippen molar-refractivity contribution in [3.05, 3.63) is 23.8 Å². The molecule has 1 atom stereocenters. The highest BCUT2D eigenvalue weighted by molar-refractivity contribution is 5.82. The van der Waals surface area contributed by atoms with Crippen LogP contribution >= 0.6 is 0 Å². The van der Waals surface area contributed by atoms with Gasteiger partial charge in [0.15, 0.2) is 11.5 Å². The van der Waals surface area contributed by atoms with Gasteiger partial charge in [-0.3, -0.25) is 0 Å². The van der Waals surface area contributed by atoms with Crippen molar-refractivity contribution in [3.63, 3.8) is 0 Å². The quantitative estimate of drug-likeness (QED) is 0.589. The lowest BCUT2D eigenvalue weighted by Gasteiger charge is -2.18. The molecule has 0 bridgehead atoms. The highest BCUT2D eigenvalue weighted by Gasteiger charge is 2.21. The molecular weight excluding hydrogens is 252 g/mol. The number of carboxylic acid groups (broad SMARTS) is 1. The molecule has 7 heteroatoms. The minimum Gasteiger partial charge on any atom is -0.504 e. The molecule has 0 spiro atoms. The van der Waals surface area contributed by atoms with E-state index in [9.17, 15) is 14.7 Å². The first-order valence-corrected chi connectivity index (χ1v) is 5.52. The Morgan fingerprint density at radius 1 is 1.26 bits per heavy atom. The maximum Gasteiger partial charge on any atom is 0.326 e. The number of aromatic hydroxyl groups is 2. The van der Waals surface area contributed by atoms with Gasteiger partial charge in [0.2, 0.25) is 0 Å². The maximum absolute atomic E-state index is 11.4. The van der Waals surface area contributed by atoms with Gasteiger partial charge in [-0.2, -0.15) is 0 Å². The van der Waals surface area contributed by atoms with E-state index in [4.69, 9.17) is 10.2 Å². The predicted molar refractivity (Wildman–Crippen MR) is 67.1 cm³/mol. The van der Waals surface area contributed by atoms with Crippen LogP contribution < -0.4 is 5.32 Å². The second kappa shape index (κ2) is 5.94. The Balaban J connectivity index is 2.81. The van der Waals surface area contributed by atoms with Crippen LogP contribution in [0.25, 0.3) is 0 Å². The summed E-state index contributed by atoms with van der Waals surface area (Å²) in [4.78, 5) is 23.7. The number of aliphatic carboxylic acids is 1. The molecule has 0 unspecified atom stereocenters. The number of nitrogens with one attached hydrogen (secondary N) is 1. The van der Waals surface area contributed by atoms with Crippen molar-refractivity contribution >= 4 is 12.0 Å². The standard InChI is InChI=1S/C12H16N2O5/c1-14(2)12(19)13-8(11(17)18)5-7-3-4-9(15)10(16)6-7/h3-4,6,8,15-16H,5H2,1-2H3,(H,13,19)(H,17,18)/t8-/m0/s1. The summed E-state index contributed by atoms with van der Waals surface area (Å²) in [6, 6.07) is 2.37. The summed E-state index contributed by atoms with van der Waals surface area (Å²) in [6.07, 6.45) is 0.00273. The van der Waals surface area contributed by atoms with E-state index in [-0.39, 0.29) is 17.9 Å². The van der Waals surface area contributed by atoms with Gasteiger partial charge in [-0.05, 0) is 17.7 Å². The van der Waals surface area contributed by atoms with E-state index in [1.165, 1.54) is 37.2 Å². The van der Waals surface area contributed by atoms with Crippen LogP contribution in [0.4, 0.5) is 4.79 Å². The lowest BCUT2D eigenvalue weighted by molar-refractivity contribution is -0.139. The normalized spacial score (nSPS) is 11.7. The van der Waals surface area contributed by atoms with Gasteiger partial charge in [0, 0.05) is 20.5 Å². The summed E-state index contributed by atoms with van der Waals surface area (Å²) in [5, 5.41) is 29.9. The topological polar surface area (TPSA) is 110 Å². The number of carbonyl (C=O) groups is 2. The van der Waals surface area contributed by atoms with Gasteiger partial charge in [-0.15, -0.1) is 0 Å². The molecule has 0 aromatic heterocycles. The first-order chi connectivity index (χ1) is 8.81. The average Bonchev–Trinajstić information content (AvgIpc) is 2.32. The van der Waals surface area contributed by atoms with Gasteiger partial charge in [-0.1, -0.05) is 6.07 Å². The lowest BCUT2D eigenvalue weighted by Crippen LogP contribution is -2.46. The lowest BCUT2D eigenvalue weighted by atomic mass is 10.1. The van der Waals surface area contributed by atoms with Gasteiger partial charge < -0.3 is 25.5 Å². The van der Waals surface area contributed by atoms with Crippen LogP contribution in [-0.2, 0) is 11.2 Å². The van der Waals surface area contributed by atoms with E-state index in [0.29, 0.717) is 5.56 Å². The molecule has 0 aliphatic heterocycles. The van der Waals surface area contributed by atoms with Crippen LogP contribution in [0, 0.1) is 0 Å². The molecule has 7 nitrogen and oxygen atoms in total. The highest BCUT2D eigenvalue weighted by Crippen LogP contribution is 2.25. The maximum atomic E-state index is 11.4. The molecule has 104 valence electrons. The molecular formula is C12H16N2O5. The predicted octanol–water partition coefficient (Wildman–Crippen LogP) is 0.365. The third kappa shape index (κ3) is 4.06. The molecule has 0 aliphatic carbocycles. The Morgan fingerprint density at radius 2 is 1.89 bits per heavy atom. The number of phenols is 2. The number of hydrogen-bond donors (Lipinski definition) is 4. The first-order valence-electron chi connectivity index (χ1n) is 5.52. The summed E-state index contributed by atoms with van der Waals surface area (Å²) < 4.78 is 0. The van der Waals surface area contributed by atoms with Gasteiger partial charge in [0.05, 0.1) is 0 Å². The largest absolute Gasteiger partial charge is 0.504 e. The van der Waals surface area contributed by atoms with E-state index in [2.05, 4.69) is 5.32 Å². The molecule has 19 heavy (non-hydrogen) atoms. The Kier molecular flexibility index (Phi) is 4.57. The molecule has 1 rings (SSSR count).